The van der Waals surface area contributed by atoms with E-state index in [9.17, 15) is 0 Å². The van der Waals surface area contributed by atoms with Gasteiger partial charge in [-0.1, -0.05) is 127 Å². The molecule has 1 aromatic heterocycles. The molecule has 5 nitrogen and oxygen atoms in total. The zero-order chi connectivity index (χ0) is 33.4. The average Bonchev–Trinajstić information content (AvgIpc) is 3.17. The van der Waals surface area contributed by atoms with Crippen LogP contribution in [0.1, 0.15) is 33.9 Å². The van der Waals surface area contributed by atoms with E-state index in [-0.39, 0.29) is 6.04 Å². The van der Waals surface area contributed by atoms with Crippen molar-refractivity contribution in [2.24, 2.45) is 16.5 Å². The molecule has 6 aromatic carbocycles. The van der Waals surface area contributed by atoms with Crippen molar-refractivity contribution in [2.75, 3.05) is 0 Å². The third-order valence-electron chi connectivity index (χ3n) is 8.46. The number of allylic oxidation sites excluding steroid dienone is 2. The largest absolute Gasteiger partial charge is 0.398 e. The summed E-state index contributed by atoms with van der Waals surface area (Å²) in [5.41, 5.74) is 23.1. The molecular formula is C44H35N5. The number of nitrogens with zero attached hydrogens (tertiary/aromatic N) is 3. The number of aromatic nitrogens is 2. The van der Waals surface area contributed by atoms with Crippen molar-refractivity contribution in [3.05, 3.63) is 198 Å². The third-order valence-corrected chi connectivity index (χ3v) is 8.46. The van der Waals surface area contributed by atoms with Gasteiger partial charge in [0.15, 0.2) is 5.82 Å². The van der Waals surface area contributed by atoms with Gasteiger partial charge in [0.1, 0.15) is 0 Å². The molecule has 1 heterocycles. The van der Waals surface area contributed by atoms with Crippen LogP contribution in [0.15, 0.2) is 175 Å². The molecule has 0 aliphatic rings. The highest BCUT2D eigenvalue weighted by molar-refractivity contribution is 5.93. The lowest BCUT2D eigenvalue weighted by atomic mass is 9.93. The lowest BCUT2D eigenvalue weighted by Gasteiger charge is -2.18. The summed E-state index contributed by atoms with van der Waals surface area (Å²) >= 11 is 0. The van der Waals surface area contributed by atoms with E-state index in [2.05, 4.69) is 88.8 Å². The summed E-state index contributed by atoms with van der Waals surface area (Å²) in [5.74, 6) is 0.688. The zero-order valence-electron chi connectivity index (χ0n) is 26.9. The van der Waals surface area contributed by atoms with Crippen molar-refractivity contribution in [2.45, 2.75) is 6.04 Å². The predicted molar refractivity (Wildman–Crippen MR) is 204 cm³/mol. The van der Waals surface area contributed by atoms with E-state index in [4.69, 9.17) is 16.5 Å². The number of nitrogens with two attached hydrogens (primary N) is 2. The Morgan fingerprint density at radius 1 is 0.633 bits per heavy atom. The van der Waals surface area contributed by atoms with Gasteiger partial charge >= 0.3 is 0 Å². The van der Waals surface area contributed by atoms with E-state index in [0.717, 1.165) is 61.0 Å². The Hall–Kier alpha value is -6.43. The molecule has 0 bridgehead atoms. The second-order valence-corrected chi connectivity index (χ2v) is 11.8. The molecule has 4 N–H and O–H groups in total. The summed E-state index contributed by atoms with van der Waals surface area (Å²) in [6.45, 7) is 0. The molecule has 0 aliphatic carbocycles. The van der Waals surface area contributed by atoms with Gasteiger partial charge in [-0.05, 0) is 80.6 Å². The van der Waals surface area contributed by atoms with Crippen molar-refractivity contribution in [1.82, 2.24) is 9.97 Å². The van der Waals surface area contributed by atoms with Crippen LogP contribution in [-0.2, 0) is 0 Å². The van der Waals surface area contributed by atoms with Gasteiger partial charge in [-0.2, -0.15) is 0 Å². The molecule has 0 saturated heterocycles. The van der Waals surface area contributed by atoms with Crippen LogP contribution in [0, 0.1) is 0 Å². The lowest BCUT2D eigenvalue weighted by Crippen LogP contribution is -2.12. The van der Waals surface area contributed by atoms with Gasteiger partial charge in [0, 0.05) is 35.4 Å². The molecule has 1 unspecified atom stereocenters. The van der Waals surface area contributed by atoms with Crippen LogP contribution < -0.4 is 11.5 Å². The minimum Gasteiger partial charge on any atom is -0.398 e. The van der Waals surface area contributed by atoms with Crippen LogP contribution in [-0.4, -0.2) is 16.2 Å². The molecule has 0 aliphatic heterocycles. The normalized spacial score (nSPS) is 12.6. The predicted octanol–water partition coefficient (Wildman–Crippen LogP) is 9.78. The van der Waals surface area contributed by atoms with Crippen LogP contribution in [0.3, 0.4) is 0 Å². The van der Waals surface area contributed by atoms with E-state index in [1.165, 1.54) is 0 Å². The molecule has 0 radical (unpaired) electrons. The fourth-order valence-electron chi connectivity index (χ4n) is 5.94. The van der Waals surface area contributed by atoms with Gasteiger partial charge in [-0.15, -0.1) is 0 Å². The Labute approximate surface area is 286 Å². The topological polar surface area (TPSA) is 90.2 Å². The van der Waals surface area contributed by atoms with E-state index in [1.54, 1.807) is 12.4 Å². The molecule has 0 fully saturated rings. The number of fused-ring (bicyclic) bond motifs is 1. The highest BCUT2D eigenvalue weighted by atomic mass is 14.8. The number of hydrogen-bond acceptors (Lipinski definition) is 5. The third kappa shape index (κ3) is 7.28. The van der Waals surface area contributed by atoms with Gasteiger partial charge in [-0.3, -0.25) is 4.99 Å². The molecule has 49 heavy (non-hydrogen) atoms. The number of aliphatic imine (C=N–C) groups is 1. The number of benzene rings is 6. The van der Waals surface area contributed by atoms with Crippen molar-refractivity contribution in [3.63, 3.8) is 0 Å². The first-order valence-corrected chi connectivity index (χ1v) is 16.2. The fourth-order valence-corrected chi connectivity index (χ4v) is 5.94. The number of rotatable bonds is 9. The average molecular weight is 634 g/mol. The van der Waals surface area contributed by atoms with Gasteiger partial charge in [0.25, 0.3) is 0 Å². The van der Waals surface area contributed by atoms with E-state index in [0.29, 0.717) is 11.5 Å². The summed E-state index contributed by atoms with van der Waals surface area (Å²) in [7, 11) is 0. The summed E-state index contributed by atoms with van der Waals surface area (Å²) in [6, 6.07) is 48.8. The molecule has 0 spiro atoms. The van der Waals surface area contributed by atoms with Crippen LogP contribution in [0.2, 0.25) is 0 Å². The Balaban J connectivity index is 1.29. The van der Waals surface area contributed by atoms with Crippen molar-refractivity contribution >= 4 is 34.4 Å². The Bertz CT molecular complexity index is 2280. The van der Waals surface area contributed by atoms with Gasteiger partial charge < -0.3 is 11.5 Å². The summed E-state index contributed by atoms with van der Waals surface area (Å²) in [6.07, 6.45) is 11.4. The van der Waals surface area contributed by atoms with Crippen molar-refractivity contribution in [3.8, 4) is 22.5 Å². The Kier molecular flexibility index (Phi) is 9.26. The summed E-state index contributed by atoms with van der Waals surface area (Å²) in [5, 5.41) is 2.21. The van der Waals surface area contributed by atoms with E-state index >= 15 is 0 Å². The molecular weight excluding hydrogens is 599 g/mol. The van der Waals surface area contributed by atoms with Crippen LogP contribution in [0.5, 0.6) is 0 Å². The van der Waals surface area contributed by atoms with E-state index < -0.39 is 0 Å². The summed E-state index contributed by atoms with van der Waals surface area (Å²) < 4.78 is 0. The first-order valence-electron chi connectivity index (χ1n) is 16.2. The van der Waals surface area contributed by atoms with Gasteiger partial charge in [-0.25, -0.2) is 9.97 Å². The van der Waals surface area contributed by atoms with Gasteiger partial charge in [0.05, 0.1) is 11.7 Å². The quantitative estimate of drug-likeness (QED) is 0.122. The zero-order valence-corrected chi connectivity index (χ0v) is 26.9. The first-order chi connectivity index (χ1) is 24.1. The maximum atomic E-state index is 6.95. The van der Waals surface area contributed by atoms with E-state index in [1.807, 2.05) is 91.2 Å². The molecule has 5 heteroatoms. The SMILES string of the molecule is N/C(=C\C=C\c1ccccc1)c1cc(/C=N/c2ccc3ccccc3c2C(N)c2ccccc2)cc(-c2ccc(-c3ncccn3)cc2)c1. The molecule has 1 atom stereocenters. The first kappa shape index (κ1) is 31.2. The minimum absolute atomic E-state index is 0.344. The van der Waals surface area contributed by atoms with Crippen LogP contribution in [0.4, 0.5) is 5.69 Å². The van der Waals surface area contributed by atoms with Gasteiger partial charge in [0.2, 0.25) is 0 Å². The monoisotopic (exact) mass is 633 g/mol. The lowest BCUT2D eigenvalue weighted by molar-refractivity contribution is 0.881. The highest BCUT2D eigenvalue weighted by Gasteiger charge is 2.16. The van der Waals surface area contributed by atoms with Crippen molar-refractivity contribution < 1.29 is 0 Å². The molecule has 0 amide bonds. The van der Waals surface area contributed by atoms with Crippen LogP contribution >= 0.6 is 0 Å². The molecule has 7 rings (SSSR count). The Morgan fingerprint density at radius 3 is 2.10 bits per heavy atom. The second-order valence-electron chi connectivity index (χ2n) is 11.8. The molecule has 236 valence electrons. The smallest absolute Gasteiger partial charge is 0.159 e. The molecule has 7 aromatic rings. The molecule has 0 saturated carbocycles. The standard InChI is InChI=1S/C44H35N5/c45-40(18-9-13-31-11-3-1-4-12-31)38-28-32(27-37(29-38)33-19-21-36(22-20-33)44-47-25-10-26-48-44)30-49-41-24-23-34-14-7-8-17-39(34)42(41)43(46)35-15-5-2-6-16-35/h1-30,43H,45-46H2/b13-9+,40-18-,49-30+. The fraction of sp³-hybridized carbons (Fsp3) is 0.0227. The Morgan fingerprint density at radius 2 is 1.33 bits per heavy atom. The number of hydrogen-bond donors (Lipinski definition) is 2. The maximum Gasteiger partial charge on any atom is 0.159 e. The highest BCUT2D eigenvalue weighted by Crippen LogP contribution is 2.36. The second kappa shape index (κ2) is 14.6. The maximum absolute atomic E-state index is 6.95. The van der Waals surface area contributed by atoms with Crippen LogP contribution in [0.25, 0.3) is 45.1 Å². The van der Waals surface area contributed by atoms with Crippen molar-refractivity contribution in [1.29, 1.82) is 0 Å². The minimum atomic E-state index is -0.344. The summed E-state index contributed by atoms with van der Waals surface area (Å²) in [4.78, 5) is 13.9.